The van der Waals surface area contributed by atoms with Crippen molar-refractivity contribution in [2.75, 3.05) is 5.32 Å². The van der Waals surface area contributed by atoms with Gasteiger partial charge in [-0.1, -0.05) is 65.7 Å². The van der Waals surface area contributed by atoms with Crippen molar-refractivity contribution in [3.05, 3.63) is 82.4 Å². The van der Waals surface area contributed by atoms with E-state index in [4.69, 9.17) is 11.6 Å². The maximum absolute atomic E-state index is 12.2. The van der Waals surface area contributed by atoms with Gasteiger partial charge in [0.25, 0.3) is 0 Å². The van der Waals surface area contributed by atoms with E-state index in [2.05, 4.69) is 5.32 Å². The standard InChI is InChI=1S/C20H18ClNO/c1-13-6-8-15(9-7-13)18(23)11-10-17-12-16-5-3-4-14(2)19(16)22-20(17)21/h3-12,20,22H,1-2H3/b11-10-/t20-/m0/s1. The quantitative estimate of drug-likeness (QED) is 0.368. The Labute approximate surface area is 141 Å². The molecule has 3 rings (SSSR count). The molecular formula is C20H18ClNO. The first-order valence-corrected chi connectivity index (χ1v) is 7.99. The molecule has 0 bridgehead atoms. The molecule has 0 saturated carbocycles. The third-order valence-electron chi connectivity index (χ3n) is 3.95. The Morgan fingerprint density at radius 3 is 2.61 bits per heavy atom. The van der Waals surface area contributed by atoms with Crippen molar-refractivity contribution in [1.29, 1.82) is 0 Å². The molecule has 1 heterocycles. The summed E-state index contributed by atoms with van der Waals surface area (Å²) in [5.74, 6) is -0.0233. The number of alkyl halides is 1. The van der Waals surface area contributed by atoms with E-state index in [9.17, 15) is 4.79 Å². The van der Waals surface area contributed by atoms with Crippen LogP contribution in [-0.2, 0) is 0 Å². The summed E-state index contributed by atoms with van der Waals surface area (Å²) in [7, 11) is 0. The molecule has 1 N–H and O–H groups in total. The number of rotatable bonds is 3. The van der Waals surface area contributed by atoms with Crippen LogP contribution in [0, 0.1) is 13.8 Å². The average Bonchev–Trinajstić information content (AvgIpc) is 2.54. The topological polar surface area (TPSA) is 29.1 Å². The normalized spacial score (nSPS) is 16.7. The van der Waals surface area contributed by atoms with E-state index in [-0.39, 0.29) is 11.3 Å². The molecule has 1 atom stereocenters. The molecule has 0 aliphatic carbocycles. The Morgan fingerprint density at radius 2 is 1.87 bits per heavy atom. The number of fused-ring (bicyclic) bond motifs is 1. The summed E-state index contributed by atoms with van der Waals surface area (Å²) in [6.07, 6.45) is 5.39. The van der Waals surface area contributed by atoms with Crippen molar-refractivity contribution in [2.24, 2.45) is 0 Å². The number of hydrogen-bond donors (Lipinski definition) is 1. The summed E-state index contributed by atoms with van der Waals surface area (Å²) in [4.78, 5) is 12.2. The van der Waals surface area contributed by atoms with Crippen LogP contribution in [0.15, 0.2) is 60.2 Å². The first-order valence-electron chi connectivity index (χ1n) is 7.55. The molecule has 0 radical (unpaired) electrons. The molecule has 0 amide bonds. The minimum Gasteiger partial charge on any atom is -0.365 e. The minimum atomic E-state index is -0.342. The number of benzene rings is 2. The van der Waals surface area contributed by atoms with Crippen LogP contribution in [0.5, 0.6) is 0 Å². The predicted octanol–water partition coefficient (Wildman–Crippen LogP) is 5.12. The van der Waals surface area contributed by atoms with Crippen LogP contribution in [0.3, 0.4) is 0 Å². The third kappa shape index (κ3) is 3.38. The van der Waals surface area contributed by atoms with Crippen LogP contribution >= 0.6 is 11.6 Å². The smallest absolute Gasteiger partial charge is 0.185 e. The first-order chi connectivity index (χ1) is 11.0. The van der Waals surface area contributed by atoms with Gasteiger partial charge in [-0.05, 0) is 42.7 Å². The number of halogens is 1. The van der Waals surface area contributed by atoms with Crippen molar-refractivity contribution >= 4 is 29.1 Å². The highest BCUT2D eigenvalue weighted by Gasteiger charge is 2.18. The van der Waals surface area contributed by atoms with E-state index in [1.165, 1.54) is 0 Å². The van der Waals surface area contributed by atoms with Crippen LogP contribution in [0.4, 0.5) is 5.69 Å². The maximum atomic E-state index is 12.2. The van der Waals surface area contributed by atoms with Crippen molar-refractivity contribution < 1.29 is 4.79 Å². The van der Waals surface area contributed by atoms with Gasteiger partial charge in [-0.25, -0.2) is 0 Å². The number of aryl methyl sites for hydroxylation is 2. The molecule has 116 valence electrons. The van der Waals surface area contributed by atoms with Crippen molar-refractivity contribution in [3.8, 4) is 0 Å². The summed E-state index contributed by atoms with van der Waals surface area (Å²) >= 11 is 6.39. The van der Waals surface area contributed by atoms with Gasteiger partial charge in [0.05, 0.1) is 0 Å². The second-order valence-electron chi connectivity index (χ2n) is 5.75. The third-order valence-corrected chi connectivity index (χ3v) is 4.32. The lowest BCUT2D eigenvalue weighted by Crippen LogP contribution is -2.19. The number of ketones is 1. The van der Waals surface area contributed by atoms with Crippen LogP contribution in [0.1, 0.15) is 27.0 Å². The largest absolute Gasteiger partial charge is 0.365 e. The van der Waals surface area contributed by atoms with Gasteiger partial charge in [0, 0.05) is 11.3 Å². The SMILES string of the molecule is Cc1ccc(C(=O)/C=C\C2=Cc3cccc(C)c3N[C@@H]2Cl)cc1. The van der Waals surface area contributed by atoms with Crippen LogP contribution in [-0.4, -0.2) is 11.3 Å². The van der Waals surface area contributed by atoms with Gasteiger partial charge in [-0.2, -0.15) is 0 Å². The average molecular weight is 324 g/mol. The fourth-order valence-corrected chi connectivity index (χ4v) is 2.83. The van der Waals surface area contributed by atoms with Crippen LogP contribution in [0.25, 0.3) is 6.08 Å². The lowest BCUT2D eigenvalue weighted by molar-refractivity contribution is 0.104. The minimum absolute atomic E-state index is 0.0233. The number of nitrogens with one attached hydrogen (secondary N) is 1. The molecule has 1 aliphatic heterocycles. The number of allylic oxidation sites excluding steroid dienone is 1. The number of hydrogen-bond acceptors (Lipinski definition) is 2. The number of carbonyl (C=O) groups is 1. The van der Waals surface area contributed by atoms with E-state index in [1.807, 2.05) is 62.4 Å². The zero-order valence-electron chi connectivity index (χ0n) is 13.1. The Kier molecular flexibility index (Phi) is 4.35. The Bertz CT molecular complexity index is 803. The molecule has 2 aromatic carbocycles. The Morgan fingerprint density at radius 1 is 1.13 bits per heavy atom. The summed E-state index contributed by atoms with van der Waals surface area (Å²) < 4.78 is 0. The molecular weight excluding hydrogens is 306 g/mol. The highest BCUT2D eigenvalue weighted by atomic mass is 35.5. The van der Waals surface area contributed by atoms with Crippen LogP contribution < -0.4 is 5.32 Å². The van der Waals surface area contributed by atoms with Crippen LogP contribution in [0.2, 0.25) is 0 Å². The van der Waals surface area contributed by atoms with E-state index in [1.54, 1.807) is 12.2 Å². The van der Waals surface area contributed by atoms with Gasteiger partial charge in [-0.15, -0.1) is 0 Å². The maximum Gasteiger partial charge on any atom is 0.185 e. The molecule has 2 nitrogen and oxygen atoms in total. The molecule has 0 fully saturated rings. The number of anilines is 1. The molecule has 3 heteroatoms. The Balaban J connectivity index is 1.84. The highest BCUT2D eigenvalue weighted by Crippen LogP contribution is 2.31. The Hall–Kier alpha value is -2.32. The molecule has 0 aromatic heterocycles. The van der Waals surface area contributed by atoms with Gasteiger partial charge in [0.2, 0.25) is 0 Å². The van der Waals surface area contributed by atoms with Crippen molar-refractivity contribution in [1.82, 2.24) is 0 Å². The van der Waals surface area contributed by atoms with Gasteiger partial charge >= 0.3 is 0 Å². The fourth-order valence-electron chi connectivity index (χ4n) is 2.59. The molecule has 0 unspecified atom stereocenters. The number of para-hydroxylation sites is 1. The van der Waals surface area contributed by atoms with E-state index >= 15 is 0 Å². The zero-order chi connectivity index (χ0) is 16.4. The molecule has 23 heavy (non-hydrogen) atoms. The van der Waals surface area contributed by atoms with Gasteiger partial charge in [-0.3, -0.25) is 4.79 Å². The predicted molar refractivity (Wildman–Crippen MR) is 97.1 cm³/mol. The number of carbonyl (C=O) groups excluding carboxylic acids is 1. The zero-order valence-corrected chi connectivity index (χ0v) is 13.9. The molecule has 1 aliphatic rings. The van der Waals surface area contributed by atoms with Gasteiger partial charge < -0.3 is 5.32 Å². The van der Waals surface area contributed by atoms with E-state index in [0.29, 0.717) is 5.56 Å². The summed E-state index contributed by atoms with van der Waals surface area (Å²) in [6.45, 7) is 4.05. The molecule has 0 spiro atoms. The van der Waals surface area contributed by atoms with Crippen molar-refractivity contribution in [3.63, 3.8) is 0 Å². The second kappa shape index (κ2) is 6.43. The summed E-state index contributed by atoms with van der Waals surface area (Å²) in [5, 5.41) is 3.28. The summed E-state index contributed by atoms with van der Waals surface area (Å²) in [5.41, 5.74) is 5.65. The molecule has 2 aromatic rings. The monoisotopic (exact) mass is 323 g/mol. The lowest BCUT2D eigenvalue weighted by atomic mass is 10.00. The fraction of sp³-hybridized carbons (Fsp3) is 0.150. The van der Waals surface area contributed by atoms with E-state index in [0.717, 1.165) is 28.0 Å². The van der Waals surface area contributed by atoms with E-state index < -0.39 is 0 Å². The highest BCUT2D eigenvalue weighted by molar-refractivity contribution is 6.24. The van der Waals surface area contributed by atoms with Gasteiger partial charge in [0.1, 0.15) is 5.50 Å². The summed E-state index contributed by atoms with van der Waals surface area (Å²) in [6, 6.07) is 13.6. The molecule has 0 saturated heterocycles. The first kappa shape index (κ1) is 15.6. The van der Waals surface area contributed by atoms with Gasteiger partial charge in [0.15, 0.2) is 5.78 Å². The van der Waals surface area contributed by atoms with Crippen molar-refractivity contribution in [2.45, 2.75) is 19.3 Å². The second-order valence-corrected chi connectivity index (χ2v) is 6.19. The lowest BCUT2D eigenvalue weighted by Gasteiger charge is -2.23.